The Morgan fingerprint density at radius 3 is 2.84 bits per heavy atom. The number of hydrogen-bond acceptors (Lipinski definition) is 5. The molecule has 2 rings (SSSR count). The minimum atomic E-state index is -0.122. The molecule has 1 fully saturated rings. The zero-order valence-electron chi connectivity index (χ0n) is 11.5. The van der Waals surface area contributed by atoms with Crippen LogP contribution in [0, 0.1) is 0 Å². The van der Waals surface area contributed by atoms with Crippen molar-refractivity contribution >= 4 is 27.9 Å². The number of carbonyl (C=O) groups excluding carboxylic acids is 1. The van der Waals surface area contributed by atoms with E-state index >= 15 is 0 Å². The third-order valence-corrected chi connectivity index (χ3v) is 4.39. The van der Waals surface area contributed by atoms with Crippen molar-refractivity contribution < 1.29 is 4.79 Å². The summed E-state index contributed by atoms with van der Waals surface area (Å²) in [5, 5.41) is 6.99. The average molecular weight is 282 g/mol. The minimum absolute atomic E-state index is 0.122. The van der Waals surface area contributed by atoms with E-state index in [0.29, 0.717) is 16.6 Å². The van der Waals surface area contributed by atoms with E-state index in [1.807, 2.05) is 6.07 Å². The SMILES string of the molecule is CNC(=O)c1sc(NC(C)CN2CCCC2)cc1N. The molecule has 1 aromatic heterocycles. The maximum absolute atomic E-state index is 11.6. The number of amides is 1. The van der Waals surface area contributed by atoms with Gasteiger partial charge in [-0.15, -0.1) is 11.3 Å². The molecule has 0 radical (unpaired) electrons. The standard InChI is InChI=1S/C13H22N4OS/c1-9(8-17-5-3-4-6-17)16-11-7-10(14)12(19-11)13(18)15-2/h7,9,16H,3-6,8,14H2,1-2H3,(H,15,18). The van der Waals surface area contributed by atoms with E-state index in [4.69, 9.17) is 5.73 Å². The highest BCUT2D eigenvalue weighted by atomic mass is 32.1. The van der Waals surface area contributed by atoms with Crippen LogP contribution >= 0.6 is 11.3 Å². The van der Waals surface area contributed by atoms with Crippen molar-refractivity contribution in [1.29, 1.82) is 0 Å². The fourth-order valence-corrected chi connectivity index (χ4v) is 3.45. The van der Waals surface area contributed by atoms with Crippen LogP contribution in [0.1, 0.15) is 29.4 Å². The Labute approximate surface area is 118 Å². The zero-order chi connectivity index (χ0) is 13.8. The van der Waals surface area contributed by atoms with E-state index in [0.717, 1.165) is 11.5 Å². The summed E-state index contributed by atoms with van der Waals surface area (Å²) >= 11 is 1.41. The third-order valence-electron chi connectivity index (χ3n) is 3.31. The molecule has 0 aromatic carbocycles. The Morgan fingerprint density at radius 1 is 1.53 bits per heavy atom. The first-order valence-electron chi connectivity index (χ1n) is 6.70. The van der Waals surface area contributed by atoms with Crippen molar-refractivity contribution in [1.82, 2.24) is 10.2 Å². The molecular formula is C13H22N4OS. The monoisotopic (exact) mass is 282 g/mol. The summed E-state index contributed by atoms with van der Waals surface area (Å²) in [7, 11) is 1.62. The summed E-state index contributed by atoms with van der Waals surface area (Å²) < 4.78 is 0. The largest absolute Gasteiger partial charge is 0.397 e. The van der Waals surface area contributed by atoms with Gasteiger partial charge in [-0.05, 0) is 38.9 Å². The summed E-state index contributed by atoms with van der Waals surface area (Å²) in [6.45, 7) is 5.59. The second kappa shape index (κ2) is 6.25. The van der Waals surface area contributed by atoms with E-state index in [2.05, 4.69) is 22.5 Å². The Bertz CT molecular complexity index is 440. The predicted molar refractivity (Wildman–Crippen MR) is 80.9 cm³/mol. The third kappa shape index (κ3) is 3.61. The van der Waals surface area contributed by atoms with Gasteiger partial charge in [-0.3, -0.25) is 4.79 Å². The molecule has 19 heavy (non-hydrogen) atoms. The maximum Gasteiger partial charge on any atom is 0.263 e. The van der Waals surface area contributed by atoms with Gasteiger partial charge in [0.2, 0.25) is 0 Å². The quantitative estimate of drug-likeness (QED) is 0.767. The molecule has 2 heterocycles. The van der Waals surface area contributed by atoms with Crippen LogP contribution in [0.4, 0.5) is 10.7 Å². The minimum Gasteiger partial charge on any atom is -0.397 e. The molecule has 1 aromatic rings. The molecule has 1 amide bonds. The Balaban J connectivity index is 1.93. The number of rotatable bonds is 5. The lowest BCUT2D eigenvalue weighted by Gasteiger charge is -2.21. The summed E-state index contributed by atoms with van der Waals surface area (Å²) in [6, 6.07) is 2.20. The first-order valence-corrected chi connectivity index (χ1v) is 7.52. The molecule has 1 aliphatic heterocycles. The number of likely N-dealkylation sites (tertiary alicyclic amines) is 1. The molecule has 1 atom stereocenters. The van der Waals surface area contributed by atoms with Crippen molar-refractivity contribution in [3.8, 4) is 0 Å². The molecule has 1 saturated heterocycles. The van der Waals surface area contributed by atoms with Crippen molar-refractivity contribution in [2.24, 2.45) is 0 Å². The highest BCUT2D eigenvalue weighted by molar-refractivity contribution is 7.18. The lowest BCUT2D eigenvalue weighted by Crippen LogP contribution is -2.32. The van der Waals surface area contributed by atoms with Crippen LogP contribution < -0.4 is 16.4 Å². The van der Waals surface area contributed by atoms with Crippen LogP contribution in [0.25, 0.3) is 0 Å². The van der Waals surface area contributed by atoms with E-state index < -0.39 is 0 Å². The number of hydrogen-bond donors (Lipinski definition) is 3. The lowest BCUT2D eigenvalue weighted by molar-refractivity contribution is 0.0968. The van der Waals surface area contributed by atoms with Gasteiger partial charge < -0.3 is 21.3 Å². The number of nitrogens with two attached hydrogens (primary N) is 1. The Hall–Kier alpha value is -1.27. The van der Waals surface area contributed by atoms with Crippen molar-refractivity contribution in [3.05, 3.63) is 10.9 Å². The number of carbonyl (C=O) groups is 1. The zero-order valence-corrected chi connectivity index (χ0v) is 12.3. The van der Waals surface area contributed by atoms with Gasteiger partial charge in [0, 0.05) is 19.6 Å². The van der Waals surface area contributed by atoms with Gasteiger partial charge in [0.25, 0.3) is 5.91 Å². The van der Waals surface area contributed by atoms with Crippen LogP contribution in [0.3, 0.4) is 0 Å². The van der Waals surface area contributed by atoms with Gasteiger partial charge in [0.05, 0.1) is 10.7 Å². The van der Waals surface area contributed by atoms with Crippen molar-refractivity contribution in [2.75, 3.05) is 37.7 Å². The highest BCUT2D eigenvalue weighted by Gasteiger charge is 2.17. The molecule has 0 saturated carbocycles. The van der Waals surface area contributed by atoms with Gasteiger partial charge in [-0.1, -0.05) is 0 Å². The molecule has 6 heteroatoms. The topological polar surface area (TPSA) is 70.4 Å². The van der Waals surface area contributed by atoms with Gasteiger partial charge in [-0.2, -0.15) is 0 Å². The van der Waals surface area contributed by atoms with Gasteiger partial charge in [0.15, 0.2) is 0 Å². The molecule has 0 bridgehead atoms. The molecule has 4 N–H and O–H groups in total. The summed E-state index contributed by atoms with van der Waals surface area (Å²) in [5.74, 6) is -0.122. The van der Waals surface area contributed by atoms with E-state index in [-0.39, 0.29) is 5.91 Å². The average Bonchev–Trinajstić information content (AvgIpc) is 2.98. The maximum atomic E-state index is 11.6. The second-order valence-electron chi connectivity index (χ2n) is 5.03. The molecule has 0 aliphatic carbocycles. The fraction of sp³-hybridized carbons (Fsp3) is 0.615. The van der Waals surface area contributed by atoms with Gasteiger partial charge in [0.1, 0.15) is 4.88 Å². The number of thiophene rings is 1. The Morgan fingerprint density at radius 2 is 2.21 bits per heavy atom. The lowest BCUT2D eigenvalue weighted by atomic mass is 10.3. The number of nitrogens with zero attached hydrogens (tertiary/aromatic N) is 1. The molecule has 106 valence electrons. The Kier molecular flexibility index (Phi) is 4.66. The van der Waals surface area contributed by atoms with Crippen molar-refractivity contribution in [2.45, 2.75) is 25.8 Å². The number of nitrogens with one attached hydrogen (secondary N) is 2. The van der Waals surface area contributed by atoms with Gasteiger partial charge >= 0.3 is 0 Å². The summed E-state index contributed by atoms with van der Waals surface area (Å²) in [6.07, 6.45) is 2.61. The van der Waals surface area contributed by atoms with E-state index in [1.54, 1.807) is 7.05 Å². The van der Waals surface area contributed by atoms with Crippen LogP contribution in [0.5, 0.6) is 0 Å². The molecule has 1 unspecified atom stereocenters. The highest BCUT2D eigenvalue weighted by Crippen LogP contribution is 2.29. The summed E-state index contributed by atoms with van der Waals surface area (Å²) in [4.78, 5) is 14.6. The van der Waals surface area contributed by atoms with Crippen LogP contribution in [-0.2, 0) is 0 Å². The van der Waals surface area contributed by atoms with Crippen LogP contribution in [0.15, 0.2) is 6.07 Å². The number of anilines is 2. The van der Waals surface area contributed by atoms with E-state index in [1.165, 1.54) is 37.3 Å². The molecule has 1 aliphatic rings. The first kappa shape index (κ1) is 14.1. The molecular weight excluding hydrogens is 260 g/mol. The molecule has 0 spiro atoms. The molecule has 5 nitrogen and oxygen atoms in total. The van der Waals surface area contributed by atoms with E-state index in [9.17, 15) is 4.79 Å². The normalized spacial score (nSPS) is 17.4. The fourth-order valence-electron chi connectivity index (χ4n) is 2.41. The summed E-state index contributed by atoms with van der Waals surface area (Å²) in [5.41, 5.74) is 6.40. The smallest absolute Gasteiger partial charge is 0.263 e. The second-order valence-corrected chi connectivity index (χ2v) is 6.08. The van der Waals surface area contributed by atoms with Crippen LogP contribution in [0.2, 0.25) is 0 Å². The van der Waals surface area contributed by atoms with Crippen LogP contribution in [-0.4, -0.2) is 43.5 Å². The first-order chi connectivity index (χ1) is 9.10. The van der Waals surface area contributed by atoms with Crippen molar-refractivity contribution in [3.63, 3.8) is 0 Å². The predicted octanol–water partition coefficient (Wildman–Crippen LogP) is 1.59. The van der Waals surface area contributed by atoms with Gasteiger partial charge in [-0.25, -0.2) is 0 Å². The number of nitrogen functional groups attached to an aromatic ring is 1.